The predicted molar refractivity (Wildman–Crippen MR) is 121 cm³/mol. The number of rotatable bonds is 7. The quantitative estimate of drug-likeness (QED) is 0.364. The number of methoxy groups -OCH3 is 1. The fourth-order valence-electron chi connectivity index (χ4n) is 3.95. The number of hydrogen-bond acceptors (Lipinski definition) is 9. The van der Waals surface area contributed by atoms with Crippen LogP contribution in [0.15, 0.2) is 34.3 Å². The van der Waals surface area contributed by atoms with Gasteiger partial charge in [0.1, 0.15) is 22.9 Å². The van der Waals surface area contributed by atoms with Crippen LogP contribution in [0.1, 0.15) is 23.8 Å². The highest BCUT2D eigenvalue weighted by Crippen LogP contribution is 2.32. The van der Waals surface area contributed by atoms with Crippen LogP contribution in [0.5, 0.6) is 0 Å². The van der Waals surface area contributed by atoms with Crippen molar-refractivity contribution in [2.45, 2.75) is 37.0 Å². The van der Waals surface area contributed by atoms with Crippen molar-refractivity contribution >= 4 is 39.3 Å². The number of amides is 1. The van der Waals surface area contributed by atoms with Crippen LogP contribution in [0.2, 0.25) is 0 Å². The number of aromatic nitrogens is 1. The van der Waals surface area contributed by atoms with Gasteiger partial charge in [0.05, 0.1) is 22.4 Å². The average Bonchev–Trinajstić information content (AvgIpc) is 3.32. The van der Waals surface area contributed by atoms with E-state index in [0.717, 1.165) is 10.2 Å². The van der Waals surface area contributed by atoms with Gasteiger partial charge in [0.15, 0.2) is 0 Å². The topological polar surface area (TPSA) is 149 Å². The van der Waals surface area contributed by atoms with Gasteiger partial charge in [-0.2, -0.15) is 0 Å². The number of guanidine groups is 1. The van der Waals surface area contributed by atoms with E-state index in [4.69, 9.17) is 4.74 Å². The van der Waals surface area contributed by atoms with Gasteiger partial charge in [-0.25, -0.2) is 4.98 Å². The maximum Gasteiger partial charge on any atom is 0.244 e. The number of aliphatic hydroxyl groups excluding tert-OH is 3. The summed E-state index contributed by atoms with van der Waals surface area (Å²) in [7, 11) is 1.61. The monoisotopic (exact) mass is 461 g/mol. The fourth-order valence-corrected chi connectivity index (χ4v) is 5.02. The zero-order chi connectivity index (χ0) is 22.7. The van der Waals surface area contributed by atoms with Gasteiger partial charge >= 0.3 is 0 Å². The third-order valence-corrected chi connectivity index (χ3v) is 6.77. The zero-order valence-corrected chi connectivity index (χ0v) is 18.5. The summed E-state index contributed by atoms with van der Waals surface area (Å²) in [6.07, 6.45) is -1.21. The molecule has 1 saturated heterocycles. The minimum atomic E-state index is -1.13. The molecule has 2 heterocycles. The number of aliphatic imine (C=N–C) groups is 2. The standard InChI is InChI=1S/C21H27N5O5S/c1-31-8-4-7-22-21-25-18(23-13-9-11(10-27)16(28)17(13)29)15(19(30)26-21)20-24-12-5-2-3-6-14(12)32-20/h2-3,5-6,11,13,15-17,27-29H,4,7-10H2,1H3,(H2,22,23,25,26,30)/t11-,13-,15?,16-,17+/m1/s1. The summed E-state index contributed by atoms with van der Waals surface area (Å²) in [5.41, 5.74) is 0.787. The van der Waals surface area contributed by atoms with E-state index in [9.17, 15) is 20.1 Å². The number of fused-ring (bicyclic) bond motifs is 1. The Morgan fingerprint density at radius 2 is 2.06 bits per heavy atom. The number of carbonyl (C=O) groups excluding carboxylic acids is 1. The average molecular weight is 462 g/mol. The summed E-state index contributed by atoms with van der Waals surface area (Å²) in [5, 5.41) is 36.5. The SMILES string of the molecule is COCCCN=C1NC(=O)C(c2nc3ccccc3s2)C(=N[C@@H]2C[C@H](CO)[C@@H](O)[C@H]2O)N1. The number of hydrogen-bond donors (Lipinski definition) is 5. The fraction of sp³-hybridized carbons (Fsp3) is 0.524. The number of benzene rings is 1. The lowest BCUT2D eigenvalue weighted by molar-refractivity contribution is -0.120. The van der Waals surface area contributed by atoms with Gasteiger partial charge in [0.2, 0.25) is 11.9 Å². The molecule has 1 saturated carbocycles. The largest absolute Gasteiger partial charge is 0.396 e. The summed E-state index contributed by atoms with van der Waals surface area (Å²) in [6.45, 7) is 0.753. The van der Waals surface area contributed by atoms with Gasteiger partial charge in [-0.15, -0.1) is 11.3 Å². The van der Waals surface area contributed by atoms with Crippen molar-refractivity contribution in [1.29, 1.82) is 0 Å². The number of thiazole rings is 1. The van der Waals surface area contributed by atoms with E-state index in [1.165, 1.54) is 11.3 Å². The highest BCUT2D eigenvalue weighted by molar-refractivity contribution is 7.18. The molecule has 32 heavy (non-hydrogen) atoms. The van der Waals surface area contributed by atoms with E-state index in [1.807, 2.05) is 24.3 Å². The Morgan fingerprint density at radius 1 is 1.25 bits per heavy atom. The normalized spacial score (nSPS) is 30.8. The Balaban J connectivity index is 1.66. The second-order valence-corrected chi connectivity index (χ2v) is 8.95. The molecule has 1 aromatic carbocycles. The third kappa shape index (κ3) is 4.66. The molecule has 1 aromatic heterocycles. The van der Waals surface area contributed by atoms with Crippen molar-refractivity contribution in [1.82, 2.24) is 15.6 Å². The maximum absolute atomic E-state index is 13.1. The molecule has 5 atom stereocenters. The lowest BCUT2D eigenvalue weighted by Gasteiger charge is -2.27. The number of amidine groups is 1. The first kappa shape index (κ1) is 22.7. The molecule has 2 aliphatic rings. The second kappa shape index (κ2) is 10.0. The molecule has 1 amide bonds. The molecule has 1 aliphatic carbocycles. The number of nitrogens with one attached hydrogen (secondary N) is 2. The number of ether oxygens (including phenoxy) is 1. The van der Waals surface area contributed by atoms with E-state index in [1.54, 1.807) is 7.11 Å². The molecule has 1 unspecified atom stereocenters. The van der Waals surface area contributed by atoms with E-state index in [-0.39, 0.29) is 18.5 Å². The molecule has 2 fully saturated rings. The van der Waals surface area contributed by atoms with E-state index < -0.39 is 30.1 Å². The summed E-state index contributed by atoms with van der Waals surface area (Å²) in [6, 6.07) is 6.95. The van der Waals surface area contributed by atoms with E-state index >= 15 is 0 Å². The number of aliphatic hydroxyl groups is 3. The Labute approximate surface area is 189 Å². The molecule has 11 heteroatoms. The molecule has 0 bridgehead atoms. The summed E-state index contributed by atoms with van der Waals surface area (Å²) in [4.78, 5) is 26.7. The van der Waals surface area contributed by atoms with Crippen LogP contribution in [-0.2, 0) is 9.53 Å². The van der Waals surface area contributed by atoms with Gasteiger partial charge in [0, 0.05) is 32.8 Å². The van der Waals surface area contributed by atoms with Crippen LogP contribution in [0.3, 0.4) is 0 Å². The predicted octanol–water partition coefficient (Wildman–Crippen LogP) is -0.00710. The van der Waals surface area contributed by atoms with Crippen molar-refractivity contribution in [2.24, 2.45) is 15.9 Å². The smallest absolute Gasteiger partial charge is 0.244 e. The van der Waals surface area contributed by atoms with E-state index in [0.29, 0.717) is 36.8 Å². The Kier molecular flexibility index (Phi) is 7.11. The molecular weight excluding hydrogens is 434 g/mol. The zero-order valence-electron chi connectivity index (χ0n) is 17.6. The first-order chi connectivity index (χ1) is 15.5. The summed E-state index contributed by atoms with van der Waals surface area (Å²) < 4.78 is 5.98. The van der Waals surface area contributed by atoms with Crippen LogP contribution in [0, 0.1) is 5.92 Å². The Morgan fingerprint density at radius 3 is 2.78 bits per heavy atom. The van der Waals surface area contributed by atoms with Crippen molar-refractivity contribution in [3.63, 3.8) is 0 Å². The van der Waals surface area contributed by atoms with Gasteiger partial charge < -0.3 is 25.4 Å². The molecule has 2 aromatic rings. The molecular formula is C21H27N5O5S. The highest BCUT2D eigenvalue weighted by Gasteiger charge is 2.43. The Hall–Kier alpha value is -2.44. The second-order valence-electron chi connectivity index (χ2n) is 7.89. The summed E-state index contributed by atoms with van der Waals surface area (Å²) in [5.74, 6) is -1.01. The molecule has 5 N–H and O–H groups in total. The minimum Gasteiger partial charge on any atom is -0.396 e. The molecule has 10 nitrogen and oxygen atoms in total. The first-order valence-electron chi connectivity index (χ1n) is 10.5. The molecule has 4 rings (SSSR count). The van der Waals surface area contributed by atoms with Crippen LogP contribution in [0.25, 0.3) is 10.2 Å². The van der Waals surface area contributed by atoms with Crippen molar-refractivity contribution in [3.8, 4) is 0 Å². The highest BCUT2D eigenvalue weighted by atomic mass is 32.1. The summed E-state index contributed by atoms with van der Waals surface area (Å²) >= 11 is 1.40. The number of para-hydroxylation sites is 1. The minimum absolute atomic E-state index is 0.249. The third-order valence-electron chi connectivity index (χ3n) is 5.67. The molecule has 1 aliphatic heterocycles. The van der Waals surface area contributed by atoms with Crippen LogP contribution < -0.4 is 10.6 Å². The molecule has 0 radical (unpaired) electrons. The van der Waals surface area contributed by atoms with Crippen molar-refractivity contribution < 1.29 is 24.9 Å². The number of carbonyl (C=O) groups is 1. The lowest BCUT2D eigenvalue weighted by atomic mass is 10.1. The van der Waals surface area contributed by atoms with Crippen molar-refractivity contribution in [3.05, 3.63) is 29.3 Å². The van der Waals surface area contributed by atoms with E-state index in [2.05, 4.69) is 25.6 Å². The maximum atomic E-state index is 13.1. The molecule has 0 spiro atoms. The lowest BCUT2D eigenvalue weighted by Crippen LogP contribution is -2.56. The van der Waals surface area contributed by atoms with Crippen molar-refractivity contribution in [2.75, 3.05) is 26.9 Å². The van der Waals surface area contributed by atoms with Gasteiger partial charge in [-0.05, 0) is 25.0 Å². The van der Waals surface area contributed by atoms with Crippen LogP contribution >= 0.6 is 11.3 Å². The van der Waals surface area contributed by atoms with Gasteiger partial charge in [-0.1, -0.05) is 12.1 Å². The van der Waals surface area contributed by atoms with Crippen LogP contribution in [-0.4, -0.2) is 83.1 Å². The van der Waals surface area contributed by atoms with Gasteiger partial charge in [0.25, 0.3) is 0 Å². The number of nitrogens with zero attached hydrogens (tertiary/aromatic N) is 3. The molecule has 172 valence electrons. The Bertz CT molecular complexity index is 992. The first-order valence-corrected chi connectivity index (χ1v) is 11.3. The van der Waals surface area contributed by atoms with Crippen LogP contribution in [0.4, 0.5) is 0 Å². The van der Waals surface area contributed by atoms with Gasteiger partial charge in [-0.3, -0.25) is 20.1 Å².